The van der Waals surface area contributed by atoms with Gasteiger partial charge in [-0.1, -0.05) is 19.1 Å². The lowest BCUT2D eigenvalue weighted by molar-refractivity contribution is -0.00924. The minimum absolute atomic E-state index is 0.0312. The molecule has 0 saturated carbocycles. The van der Waals surface area contributed by atoms with Gasteiger partial charge in [-0.15, -0.1) is 0 Å². The molecular formula is C17H26N2O4S. The third kappa shape index (κ3) is 4.34. The van der Waals surface area contributed by atoms with E-state index in [1.165, 1.54) is 6.07 Å². The number of carbonyl (C=O) groups is 1. The molecule has 1 heterocycles. The van der Waals surface area contributed by atoms with Crippen molar-refractivity contribution >= 4 is 15.7 Å². The van der Waals surface area contributed by atoms with Crippen molar-refractivity contribution in [2.24, 2.45) is 0 Å². The number of nitrogens with one attached hydrogen (secondary N) is 1. The van der Waals surface area contributed by atoms with Gasteiger partial charge in [-0.2, -0.15) is 0 Å². The maximum absolute atomic E-state index is 12.5. The van der Waals surface area contributed by atoms with E-state index in [-0.39, 0.29) is 27.7 Å². The van der Waals surface area contributed by atoms with Gasteiger partial charge in [0, 0.05) is 25.2 Å². The van der Waals surface area contributed by atoms with Crippen LogP contribution in [0.25, 0.3) is 0 Å². The Labute approximate surface area is 144 Å². The molecule has 0 atom stereocenters. The normalized spacial score (nSPS) is 16.8. The van der Waals surface area contributed by atoms with Crippen LogP contribution in [0.2, 0.25) is 0 Å². The van der Waals surface area contributed by atoms with E-state index in [1.807, 2.05) is 0 Å². The number of benzene rings is 1. The number of carbonyl (C=O) groups excluding carboxylic acids is 1. The summed E-state index contributed by atoms with van der Waals surface area (Å²) in [6, 6.07) is 6.36. The number of hydrogen-bond acceptors (Lipinski definition) is 5. The third-order valence-electron chi connectivity index (χ3n) is 4.40. The van der Waals surface area contributed by atoms with Crippen LogP contribution < -0.4 is 5.32 Å². The second-order valence-electron chi connectivity index (χ2n) is 6.49. The van der Waals surface area contributed by atoms with Crippen LogP contribution in [0.4, 0.5) is 0 Å². The van der Waals surface area contributed by atoms with Gasteiger partial charge in [0.2, 0.25) is 0 Å². The van der Waals surface area contributed by atoms with Crippen LogP contribution >= 0.6 is 0 Å². The number of nitrogens with zero attached hydrogens (tertiary/aromatic N) is 1. The second kappa shape index (κ2) is 7.63. The molecule has 134 valence electrons. The molecule has 7 heteroatoms. The van der Waals surface area contributed by atoms with Crippen molar-refractivity contribution in [3.05, 3.63) is 29.8 Å². The van der Waals surface area contributed by atoms with Crippen molar-refractivity contribution in [1.82, 2.24) is 10.2 Å². The molecule has 1 N–H and O–H groups in total. The molecule has 0 bridgehead atoms. The second-order valence-corrected chi connectivity index (χ2v) is 8.74. The van der Waals surface area contributed by atoms with Crippen LogP contribution in [0, 0.1) is 0 Å². The monoisotopic (exact) mass is 354 g/mol. The number of rotatable bonds is 6. The number of sulfone groups is 1. The summed E-state index contributed by atoms with van der Waals surface area (Å²) in [6.07, 6.45) is 0. The zero-order chi connectivity index (χ0) is 17.8. The first-order chi connectivity index (χ1) is 11.3. The summed E-state index contributed by atoms with van der Waals surface area (Å²) in [5, 5.41) is 2.89. The van der Waals surface area contributed by atoms with Gasteiger partial charge in [0.25, 0.3) is 5.91 Å². The van der Waals surface area contributed by atoms with Crippen LogP contribution in [0.5, 0.6) is 0 Å². The quantitative estimate of drug-likeness (QED) is 0.834. The third-order valence-corrected chi connectivity index (χ3v) is 6.18. The summed E-state index contributed by atoms with van der Waals surface area (Å²) in [5.41, 5.74) is -0.0185. The molecule has 0 aromatic heterocycles. The minimum atomic E-state index is -3.44. The Bertz CT molecular complexity index is 680. The highest BCUT2D eigenvalue weighted by Gasteiger charge is 2.29. The van der Waals surface area contributed by atoms with Gasteiger partial charge in [0.15, 0.2) is 9.84 Å². The zero-order valence-electron chi connectivity index (χ0n) is 14.5. The molecule has 0 spiro atoms. The molecular weight excluding hydrogens is 328 g/mol. The Morgan fingerprint density at radius 1 is 1.25 bits per heavy atom. The predicted octanol–water partition coefficient (Wildman–Crippen LogP) is 1.32. The largest absolute Gasteiger partial charge is 0.379 e. The van der Waals surface area contributed by atoms with Crippen molar-refractivity contribution in [1.29, 1.82) is 0 Å². The van der Waals surface area contributed by atoms with Crippen molar-refractivity contribution < 1.29 is 17.9 Å². The minimum Gasteiger partial charge on any atom is -0.379 e. The maximum Gasteiger partial charge on any atom is 0.252 e. The average molecular weight is 354 g/mol. The highest BCUT2D eigenvalue weighted by atomic mass is 32.2. The Hall–Kier alpha value is -1.44. The van der Waals surface area contributed by atoms with Gasteiger partial charge in [-0.05, 0) is 26.0 Å². The van der Waals surface area contributed by atoms with E-state index < -0.39 is 9.84 Å². The van der Waals surface area contributed by atoms with E-state index in [2.05, 4.69) is 24.1 Å². The summed E-state index contributed by atoms with van der Waals surface area (Å²) in [5.74, 6) is -0.389. The lowest BCUT2D eigenvalue weighted by Crippen LogP contribution is -2.55. The number of morpholine rings is 1. The average Bonchev–Trinajstić information content (AvgIpc) is 2.60. The van der Waals surface area contributed by atoms with Crippen molar-refractivity contribution in [2.45, 2.75) is 31.2 Å². The fourth-order valence-corrected chi connectivity index (χ4v) is 3.85. The highest BCUT2D eigenvalue weighted by molar-refractivity contribution is 7.91. The van der Waals surface area contributed by atoms with E-state index in [9.17, 15) is 13.2 Å². The first-order valence-electron chi connectivity index (χ1n) is 8.21. The smallest absolute Gasteiger partial charge is 0.252 e. The van der Waals surface area contributed by atoms with Crippen LogP contribution in [-0.2, 0) is 14.6 Å². The first kappa shape index (κ1) is 18.9. The van der Waals surface area contributed by atoms with Gasteiger partial charge < -0.3 is 10.1 Å². The predicted molar refractivity (Wildman–Crippen MR) is 93.0 cm³/mol. The van der Waals surface area contributed by atoms with Gasteiger partial charge >= 0.3 is 0 Å². The summed E-state index contributed by atoms with van der Waals surface area (Å²) < 4.78 is 29.7. The molecule has 6 nitrogen and oxygen atoms in total. The Kier molecular flexibility index (Phi) is 6.01. The Morgan fingerprint density at radius 2 is 1.88 bits per heavy atom. The topological polar surface area (TPSA) is 75.7 Å². The molecule has 1 saturated heterocycles. The molecule has 0 radical (unpaired) electrons. The fourth-order valence-electron chi connectivity index (χ4n) is 2.75. The number of hydrogen-bond donors (Lipinski definition) is 1. The van der Waals surface area contributed by atoms with Crippen molar-refractivity contribution in [3.63, 3.8) is 0 Å². The van der Waals surface area contributed by atoms with Crippen LogP contribution in [-0.4, -0.2) is 63.4 Å². The van der Waals surface area contributed by atoms with Gasteiger partial charge in [0.1, 0.15) is 0 Å². The molecule has 1 aromatic carbocycles. The molecule has 1 fully saturated rings. The molecule has 1 aliphatic rings. The summed E-state index contributed by atoms with van der Waals surface area (Å²) in [6.45, 7) is 9.16. The van der Waals surface area contributed by atoms with Crippen molar-refractivity contribution in [2.75, 3.05) is 38.6 Å². The highest BCUT2D eigenvalue weighted by Crippen LogP contribution is 2.18. The van der Waals surface area contributed by atoms with Gasteiger partial charge in [-0.3, -0.25) is 9.69 Å². The summed E-state index contributed by atoms with van der Waals surface area (Å²) in [7, 11) is -3.44. The number of amides is 1. The zero-order valence-corrected chi connectivity index (χ0v) is 15.4. The molecule has 1 amide bonds. The molecule has 1 aromatic rings. The van der Waals surface area contributed by atoms with Crippen LogP contribution in [0.1, 0.15) is 31.1 Å². The van der Waals surface area contributed by atoms with E-state index in [0.717, 1.165) is 13.1 Å². The molecule has 24 heavy (non-hydrogen) atoms. The lowest BCUT2D eigenvalue weighted by atomic mass is 10.0. The molecule has 2 rings (SSSR count). The maximum atomic E-state index is 12.5. The van der Waals surface area contributed by atoms with E-state index in [0.29, 0.717) is 19.8 Å². The molecule has 0 aliphatic carbocycles. The number of ether oxygens (including phenoxy) is 1. The first-order valence-corrected chi connectivity index (χ1v) is 9.86. The van der Waals surface area contributed by atoms with Gasteiger partial charge in [-0.25, -0.2) is 8.42 Å². The Morgan fingerprint density at radius 3 is 2.50 bits per heavy atom. The van der Waals surface area contributed by atoms with E-state index >= 15 is 0 Å². The van der Waals surface area contributed by atoms with Crippen LogP contribution in [0.3, 0.4) is 0 Å². The summed E-state index contributed by atoms with van der Waals surface area (Å²) in [4.78, 5) is 14.9. The molecule has 1 aliphatic heterocycles. The standard InChI is InChI=1S/C17H26N2O4S/c1-4-24(21,22)15-8-6-5-7-14(15)16(20)18-13-17(2,3)19-9-11-23-12-10-19/h5-8H,4,9-13H2,1-3H3,(H,18,20). The SMILES string of the molecule is CCS(=O)(=O)c1ccccc1C(=O)NCC(C)(C)N1CCOCC1. The van der Waals surface area contributed by atoms with E-state index in [4.69, 9.17) is 4.74 Å². The fraction of sp³-hybridized carbons (Fsp3) is 0.588. The summed E-state index contributed by atoms with van der Waals surface area (Å²) >= 11 is 0. The van der Waals surface area contributed by atoms with Gasteiger partial charge in [0.05, 0.1) is 29.4 Å². The van der Waals surface area contributed by atoms with Crippen molar-refractivity contribution in [3.8, 4) is 0 Å². The lowest BCUT2D eigenvalue weighted by Gasteiger charge is -2.40. The molecule has 0 unspecified atom stereocenters. The van der Waals surface area contributed by atoms with E-state index in [1.54, 1.807) is 25.1 Å². The van der Waals surface area contributed by atoms with Crippen LogP contribution in [0.15, 0.2) is 29.2 Å². The Balaban J connectivity index is 2.10.